The number of nitrogens with one attached hydrogen (secondary N) is 2. The first-order valence-corrected chi connectivity index (χ1v) is 7.51. The molecule has 6 nitrogen and oxygen atoms in total. The summed E-state index contributed by atoms with van der Waals surface area (Å²) in [5.41, 5.74) is 0.896. The number of rotatable bonds is 6. The van der Waals surface area contributed by atoms with Crippen LogP contribution >= 0.6 is 0 Å². The summed E-state index contributed by atoms with van der Waals surface area (Å²) in [6.07, 6.45) is 1.46. The molecule has 6 heteroatoms. The van der Waals surface area contributed by atoms with Crippen LogP contribution in [0.5, 0.6) is 0 Å². The first-order valence-electron chi connectivity index (χ1n) is 7.51. The van der Waals surface area contributed by atoms with Crippen LogP contribution in [0.25, 0.3) is 0 Å². The standard InChI is InChI=1S/C16H22N2O4/c1-12(15(19)17-10-14-8-5-9-21-14)18-16(20)22-11-13-6-3-2-4-7-13/h2-4,6-7,12,14H,5,8-11H2,1H3,(H,17,19)(H,18,20)/t12-,14?/m0/s1. The molecule has 0 bridgehead atoms. The Labute approximate surface area is 130 Å². The van der Waals surface area contributed by atoms with E-state index in [0.717, 1.165) is 25.0 Å². The summed E-state index contributed by atoms with van der Waals surface area (Å²) in [4.78, 5) is 23.5. The van der Waals surface area contributed by atoms with Crippen LogP contribution in [0.1, 0.15) is 25.3 Å². The van der Waals surface area contributed by atoms with Gasteiger partial charge in [-0.15, -0.1) is 0 Å². The van der Waals surface area contributed by atoms with Crippen molar-refractivity contribution in [2.45, 2.75) is 38.5 Å². The molecule has 0 saturated carbocycles. The van der Waals surface area contributed by atoms with Crippen molar-refractivity contribution in [2.75, 3.05) is 13.2 Å². The summed E-state index contributed by atoms with van der Waals surface area (Å²) in [6, 6.07) is 8.72. The molecule has 0 aliphatic carbocycles. The fraction of sp³-hybridized carbons (Fsp3) is 0.500. The second kappa shape index (κ2) is 8.38. The molecule has 1 saturated heterocycles. The third-order valence-corrected chi connectivity index (χ3v) is 3.47. The average Bonchev–Trinajstić information content (AvgIpc) is 3.05. The molecule has 120 valence electrons. The third-order valence-electron chi connectivity index (χ3n) is 3.47. The van der Waals surface area contributed by atoms with Crippen LogP contribution in [0, 0.1) is 0 Å². The van der Waals surface area contributed by atoms with Crippen molar-refractivity contribution < 1.29 is 19.1 Å². The monoisotopic (exact) mass is 306 g/mol. The van der Waals surface area contributed by atoms with Gasteiger partial charge >= 0.3 is 6.09 Å². The Balaban J connectivity index is 1.65. The molecular formula is C16H22N2O4. The molecule has 1 unspecified atom stereocenters. The summed E-state index contributed by atoms with van der Waals surface area (Å²) in [7, 11) is 0. The maximum atomic E-state index is 11.9. The Morgan fingerprint density at radius 1 is 1.36 bits per heavy atom. The van der Waals surface area contributed by atoms with Gasteiger partial charge in [-0.05, 0) is 25.3 Å². The van der Waals surface area contributed by atoms with Gasteiger partial charge in [0.2, 0.25) is 5.91 Å². The van der Waals surface area contributed by atoms with Crippen LogP contribution in [0.15, 0.2) is 30.3 Å². The molecule has 0 aromatic heterocycles. The van der Waals surface area contributed by atoms with Crippen LogP contribution in [0.4, 0.5) is 4.79 Å². The van der Waals surface area contributed by atoms with Crippen molar-refractivity contribution in [1.29, 1.82) is 0 Å². The van der Waals surface area contributed by atoms with Gasteiger partial charge in [-0.2, -0.15) is 0 Å². The van der Waals surface area contributed by atoms with E-state index in [-0.39, 0.29) is 18.6 Å². The van der Waals surface area contributed by atoms with Crippen molar-refractivity contribution in [2.24, 2.45) is 0 Å². The molecule has 1 aliphatic heterocycles. The van der Waals surface area contributed by atoms with Gasteiger partial charge < -0.3 is 20.1 Å². The van der Waals surface area contributed by atoms with E-state index in [2.05, 4.69) is 10.6 Å². The van der Waals surface area contributed by atoms with Gasteiger partial charge in [0.05, 0.1) is 6.10 Å². The molecule has 1 heterocycles. The Kier molecular flexibility index (Phi) is 6.21. The number of alkyl carbamates (subject to hydrolysis) is 1. The van der Waals surface area contributed by atoms with Gasteiger partial charge in [-0.25, -0.2) is 4.79 Å². The number of hydrogen-bond donors (Lipinski definition) is 2. The minimum absolute atomic E-state index is 0.0844. The van der Waals surface area contributed by atoms with E-state index in [1.54, 1.807) is 6.92 Å². The highest BCUT2D eigenvalue weighted by atomic mass is 16.5. The van der Waals surface area contributed by atoms with Gasteiger partial charge in [0.25, 0.3) is 0 Å². The van der Waals surface area contributed by atoms with Crippen molar-refractivity contribution >= 4 is 12.0 Å². The Hall–Kier alpha value is -2.08. The van der Waals surface area contributed by atoms with Crippen LogP contribution in [0.2, 0.25) is 0 Å². The molecule has 1 aromatic rings. The predicted molar refractivity (Wildman–Crippen MR) is 81.2 cm³/mol. The quantitative estimate of drug-likeness (QED) is 0.837. The van der Waals surface area contributed by atoms with Crippen molar-refractivity contribution in [3.63, 3.8) is 0 Å². The van der Waals surface area contributed by atoms with E-state index in [9.17, 15) is 9.59 Å². The highest BCUT2D eigenvalue weighted by Crippen LogP contribution is 2.10. The van der Waals surface area contributed by atoms with Gasteiger partial charge in [0.1, 0.15) is 12.6 Å². The minimum atomic E-state index is -0.648. The van der Waals surface area contributed by atoms with Crippen LogP contribution < -0.4 is 10.6 Å². The molecule has 2 atom stereocenters. The minimum Gasteiger partial charge on any atom is -0.445 e. The van der Waals surface area contributed by atoms with E-state index in [4.69, 9.17) is 9.47 Å². The van der Waals surface area contributed by atoms with Gasteiger partial charge in [-0.3, -0.25) is 4.79 Å². The Bertz CT molecular complexity index is 486. The lowest BCUT2D eigenvalue weighted by molar-refractivity contribution is -0.123. The zero-order valence-electron chi connectivity index (χ0n) is 12.7. The molecule has 0 spiro atoms. The SMILES string of the molecule is C[C@H](NC(=O)OCc1ccccc1)C(=O)NCC1CCCO1. The smallest absolute Gasteiger partial charge is 0.408 e. The van der Waals surface area contributed by atoms with E-state index in [0.29, 0.717) is 6.54 Å². The van der Waals surface area contributed by atoms with Gasteiger partial charge in [0.15, 0.2) is 0 Å². The summed E-state index contributed by atoms with van der Waals surface area (Å²) < 4.78 is 10.5. The molecule has 22 heavy (non-hydrogen) atoms. The summed E-state index contributed by atoms with van der Waals surface area (Å²) in [6.45, 7) is 3.02. The molecule has 1 aliphatic rings. The summed E-state index contributed by atoms with van der Waals surface area (Å²) in [5.74, 6) is -0.243. The van der Waals surface area contributed by atoms with E-state index < -0.39 is 12.1 Å². The van der Waals surface area contributed by atoms with Crippen LogP contribution in [0.3, 0.4) is 0 Å². The number of ether oxygens (including phenoxy) is 2. The summed E-state index contributed by atoms with van der Waals surface area (Å²) in [5, 5.41) is 5.28. The maximum absolute atomic E-state index is 11.9. The second-order valence-electron chi connectivity index (χ2n) is 5.31. The zero-order chi connectivity index (χ0) is 15.8. The van der Waals surface area contributed by atoms with Crippen LogP contribution in [-0.2, 0) is 20.9 Å². The molecule has 2 N–H and O–H groups in total. The average molecular weight is 306 g/mol. The first kappa shape index (κ1) is 16.3. The topological polar surface area (TPSA) is 76.7 Å². The number of benzene rings is 1. The van der Waals surface area contributed by atoms with E-state index in [1.165, 1.54) is 0 Å². The molecule has 1 fully saturated rings. The van der Waals surface area contributed by atoms with Crippen molar-refractivity contribution in [1.82, 2.24) is 10.6 Å². The molecule has 2 amide bonds. The zero-order valence-corrected chi connectivity index (χ0v) is 12.7. The van der Waals surface area contributed by atoms with Crippen molar-refractivity contribution in [3.05, 3.63) is 35.9 Å². The fourth-order valence-electron chi connectivity index (χ4n) is 2.18. The Morgan fingerprint density at radius 3 is 2.82 bits per heavy atom. The first-order chi connectivity index (χ1) is 10.6. The van der Waals surface area contributed by atoms with Gasteiger partial charge in [-0.1, -0.05) is 30.3 Å². The second-order valence-corrected chi connectivity index (χ2v) is 5.31. The number of amides is 2. The fourth-order valence-corrected chi connectivity index (χ4v) is 2.18. The van der Waals surface area contributed by atoms with Crippen LogP contribution in [-0.4, -0.2) is 37.3 Å². The number of carbonyl (C=O) groups is 2. The number of carbonyl (C=O) groups excluding carboxylic acids is 2. The molecule has 2 rings (SSSR count). The lowest BCUT2D eigenvalue weighted by Gasteiger charge is -2.16. The largest absolute Gasteiger partial charge is 0.445 e. The summed E-state index contributed by atoms with van der Waals surface area (Å²) >= 11 is 0. The molecular weight excluding hydrogens is 284 g/mol. The van der Waals surface area contributed by atoms with Crippen molar-refractivity contribution in [3.8, 4) is 0 Å². The lowest BCUT2D eigenvalue weighted by atomic mass is 10.2. The van der Waals surface area contributed by atoms with Gasteiger partial charge in [0, 0.05) is 13.2 Å². The number of hydrogen-bond acceptors (Lipinski definition) is 4. The normalized spacial score (nSPS) is 18.5. The van der Waals surface area contributed by atoms with E-state index >= 15 is 0 Å². The van der Waals surface area contributed by atoms with E-state index in [1.807, 2.05) is 30.3 Å². The third kappa shape index (κ3) is 5.37. The highest BCUT2D eigenvalue weighted by Gasteiger charge is 2.20. The maximum Gasteiger partial charge on any atom is 0.408 e. The highest BCUT2D eigenvalue weighted by molar-refractivity contribution is 5.85. The molecule has 1 aromatic carbocycles. The Morgan fingerprint density at radius 2 is 2.14 bits per heavy atom. The lowest BCUT2D eigenvalue weighted by Crippen LogP contribution is -2.46. The predicted octanol–water partition coefficient (Wildman–Crippen LogP) is 1.60. The molecule has 0 radical (unpaired) electrons.